The number of hydrogen-bond donors (Lipinski definition) is 0. The Bertz CT molecular complexity index is 803. The topological polar surface area (TPSA) is 37.4 Å². The number of fused-ring (bicyclic) bond motifs is 1. The fourth-order valence-corrected chi connectivity index (χ4v) is 2.20. The van der Waals surface area contributed by atoms with Gasteiger partial charge in [-0.2, -0.15) is 0 Å². The molecular weight excluding hydrogens is 309 g/mol. The molecule has 0 bridgehead atoms. The third kappa shape index (κ3) is 1.66. The van der Waals surface area contributed by atoms with E-state index in [4.69, 9.17) is 0 Å². The van der Waals surface area contributed by atoms with Gasteiger partial charge in [0, 0.05) is 0 Å². The Hall–Kier alpha value is -2.77. The molecule has 0 saturated heterocycles. The van der Waals surface area contributed by atoms with Crippen LogP contribution in [0.4, 0.5) is 27.6 Å². The summed E-state index contributed by atoms with van der Waals surface area (Å²) in [6, 6.07) is 4.46. The van der Waals surface area contributed by atoms with Crippen LogP contribution in [0.1, 0.15) is 20.7 Å². The minimum absolute atomic E-state index is 0.130. The van der Waals surface area contributed by atoms with E-state index >= 15 is 0 Å². The summed E-state index contributed by atoms with van der Waals surface area (Å²) in [5.41, 5.74) is -3.09. The van der Waals surface area contributed by atoms with Crippen molar-refractivity contribution in [1.82, 2.24) is 0 Å². The zero-order chi connectivity index (χ0) is 16.2. The highest BCUT2D eigenvalue weighted by atomic mass is 19.2. The second-order valence-electron chi connectivity index (χ2n) is 4.40. The van der Waals surface area contributed by atoms with Crippen molar-refractivity contribution in [3.05, 3.63) is 64.5 Å². The van der Waals surface area contributed by atoms with Crippen LogP contribution in [-0.2, 0) is 0 Å². The number of amides is 2. The van der Waals surface area contributed by atoms with E-state index in [1.165, 1.54) is 12.1 Å². The van der Waals surface area contributed by atoms with Crippen molar-refractivity contribution in [1.29, 1.82) is 0 Å². The summed E-state index contributed by atoms with van der Waals surface area (Å²) in [4.78, 5) is 24.2. The zero-order valence-corrected chi connectivity index (χ0v) is 10.5. The molecule has 0 fully saturated rings. The molecule has 2 amide bonds. The van der Waals surface area contributed by atoms with Crippen molar-refractivity contribution in [3.63, 3.8) is 0 Å². The molecule has 112 valence electrons. The molecule has 0 aliphatic carbocycles. The van der Waals surface area contributed by atoms with Crippen LogP contribution in [0.2, 0.25) is 0 Å². The number of carbonyl (C=O) groups is 2. The van der Waals surface area contributed by atoms with E-state index in [0.29, 0.717) is 0 Å². The quantitative estimate of drug-likeness (QED) is 0.351. The lowest BCUT2D eigenvalue weighted by atomic mass is 10.1. The number of nitrogens with zero attached hydrogens (tertiary/aromatic N) is 1. The molecule has 0 atom stereocenters. The highest BCUT2D eigenvalue weighted by molar-refractivity contribution is 6.34. The molecule has 22 heavy (non-hydrogen) atoms. The molecule has 0 spiro atoms. The van der Waals surface area contributed by atoms with Crippen molar-refractivity contribution in [3.8, 4) is 0 Å². The van der Waals surface area contributed by atoms with Crippen LogP contribution in [0.15, 0.2) is 24.3 Å². The molecule has 8 heteroatoms. The van der Waals surface area contributed by atoms with Crippen molar-refractivity contribution in [2.24, 2.45) is 0 Å². The van der Waals surface area contributed by atoms with Gasteiger partial charge in [0.1, 0.15) is 5.82 Å². The van der Waals surface area contributed by atoms with Crippen LogP contribution in [-0.4, -0.2) is 11.8 Å². The predicted octanol–water partition coefficient (Wildman–Crippen LogP) is 3.18. The van der Waals surface area contributed by atoms with Gasteiger partial charge in [-0.3, -0.25) is 9.59 Å². The van der Waals surface area contributed by atoms with E-state index in [9.17, 15) is 31.5 Å². The van der Waals surface area contributed by atoms with Crippen molar-refractivity contribution in [2.45, 2.75) is 0 Å². The zero-order valence-electron chi connectivity index (χ0n) is 10.5. The molecule has 0 radical (unpaired) electrons. The lowest BCUT2D eigenvalue weighted by molar-refractivity contribution is 0.0922. The van der Waals surface area contributed by atoms with Crippen LogP contribution < -0.4 is 4.90 Å². The van der Waals surface area contributed by atoms with Crippen molar-refractivity contribution < 1.29 is 31.5 Å². The van der Waals surface area contributed by atoms with E-state index in [1.807, 2.05) is 0 Å². The molecule has 2 aromatic rings. The Labute approximate surface area is 119 Å². The van der Waals surface area contributed by atoms with E-state index in [1.54, 1.807) is 0 Å². The van der Waals surface area contributed by atoms with Crippen LogP contribution in [0, 0.1) is 29.1 Å². The molecule has 0 N–H and O–H groups in total. The molecule has 1 aliphatic rings. The summed E-state index contributed by atoms with van der Waals surface area (Å²) >= 11 is 0. The molecular formula is C14H4F5NO2. The Morgan fingerprint density at radius 2 is 1.14 bits per heavy atom. The number of carbonyl (C=O) groups excluding carboxylic acids is 2. The Morgan fingerprint density at radius 3 is 1.59 bits per heavy atom. The molecule has 2 aromatic carbocycles. The molecule has 0 unspecified atom stereocenters. The molecule has 1 heterocycles. The van der Waals surface area contributed by atoms with Crippen LogP contribution in [0.3, 0.4) is 0 Å². The number of rotatable bonds is 1. The standard InChI is InChI=1S/C14H4F5NO2/c15-5-3-1-2-4-6(5)20-13(21)7-8(14(20)22)10(17)12(19)11(18)9(7)16/h1-4H. The third-order valence-corrected chi connectivity index (χ3v) is 3.19. The van der Waals surface area contributed by atoms with Gasteiger partial charge in [0.05, 0.1) is 16.8 Å². The van der Waals surface area contributed by atoms with E-state index in [2.05, 4.69) is 0 Å². The fourth-order valence-electron chi connectivity index (χ4n) is 2.20. The van der Waals surface area contributed by atoms with E-state index in [-0.39, 0.29) is 4.90 Å². The van der Waals surface area contributed by atoms with Gasteiger partial charge in [-0.25, -0.2) is 26.9 Å². The van der Waals surface area contributed by atoms with Gasteiger partial charge < -0.3 is 0 Å². The minimum atomic E-state index is -2.22. The first kappa shape index (κ1) is 14.2. The largest absolute Gasteiger partial charge is 0.269 e. The summed E-state index contributed by atoms with van der Waals surface area (Å²) in [5.74, 6) is -12.4. The van der Waals surface area contributed by atoms with Gasteiger partial charge in [-0.15, -0.1) is 0 Å². The van der Waals surface area contributed by atoms with Gasteiger partial charge >= 0.3 is 0 Å². The smallest absolute Gasteiger partial charge is 0.268 e. The summed E-state index contributed by atoms with van der Waals surface area (Å²) in [5, 5.41) is 0. The maximum absolute atomic E-state index is 13.7. The lowest BCUT2D eigenvalue weighted by Crippen LogP contribution is -2.30. The number of anilines is 1. The monoisotopic (exact) mass is 313 g/mol. The molecule has 0 aromatic heterocycles. The van der Waals surface area contributed by atoms with Gasteiger partial charge in [0.2, 0.25) is 0 Å². The predicted molar refractivity (Wildman–Crippen MR) is 63.8 cm³/mol. The first-order valence-electron chi connectivity index (χ1n) is 5.85. The summed E-state index contributed by atoms with van der Waals surface area (Å²) < 4.78 is 67.5. The number of benzene rings is 2. The highest BCUT2D eigenvalue weighted by Crippen LogP contribution is 2.35. The molecule has 3 nitrogen and oxygen atoms in total. The van der Waals surface area contributed by atoms with Crippen molar-refractivity contribution in [2.75, 3.05) is 4.90 Å². The van der Waals surface area contributed by atoms with Gasteiger partial charge in [-0.05, 0) is 12.1 Å². The van der Waals surface area contributed by atoms with Crippen LogP contribution in [0.5, 0.6) is 0 Å². The summed E-state index contributed by atoms with van der Waals surface area (Å²) in [6.07, 6.45) is 0. The summed E-state index contributed by atoms with van der Waals surface area (Å²) in [7, 11) is 0. The van der Waals surface area contributed by atoms with Crippen molar-refractivity contribution >= 4 is 17.5 Å². The maximum Gasteiger partial charge on any atom is 0.269 e. The number of halogens is 5. The molecule has 3 rings (SSSR count). The summed E-state index contributed by atoms with van der Waals surface area (Å²) in [6.45, 7) is 0. The normalized spacial score (nSPS) is 13.8. The van der Waals surface area contributed by atoms with Gasteiger partial charge in [-0.1, -0.05) is 12.1 Å². The van der Waals surface area contributed by atoms with Crippen LogP contribution in [0.25, 0.3) is 0 Å². The maximum atomic E-state index is 13.7. The molecule has 1 aliphatic heterocycles. The second-order valence-corrected chi connectivity index (χ2v) is 4.40. The number of para-hydroxylation sites is 1. The Balaban J connectivity index is 2.29. The number of hydrogen-bond acceptors (Lipinski definition) is 2. The first-order chi connectivity index (χ1) is 10.4. The SMILES string of the molecule is O=C1c2c(F)c(F)c(F)c(F)c2C(=O)N1c1ccccc1F. The lowest BCUT2D eigenvalue weighted by Gasteiger charge is -2.14. The van der Waals surface area contributed by atoms with Gasteiger partial charge in [0.25, 0.3) is 11.8 Å². The molecule has 0 saturated carbocycles. The number of imide groups is 1. The average Bonchev–Trinajstić information content (AvgIpc) is 2.75. The second kappa shape index (κ2) is 4.62. The van der Waals surface area contributed by atoms with Gasteiger partial charge in [0.15, 0.2) is 23.3 Å². The fraction of sp³-hybridized carbons (Fsp3) is 0. The minimum Gasteiger partial charge on any atom is -0.268 e. The first-order valence-corrected chi connectivity index (χ1v) is 5.85. The van der Waals surface area contributed by atoms with E-state index < -0.39 is 57.7 Å². The Morgan fingerprint density at radius 1 is 0.682 bits per heavy atom. The Kier molecular flexibility index (Phi) is 2.98. The van der Waals surface area contributed by atoms with Crippen LogP contribution >= 0.6 is 0 Å². The average molecular weight is 313 g/mol. The van der Waals surface area contributed by atoms with E-state index in [0.717, 1.165) is 12.1 Å². The highest BCUT2D eigenvalue weighted by Gasteiger charge is 2.45. The third-order valence-electron chi connectivity index (χ3n) is 3.19.